The molecule has 0 bridgehead atoms. The molecule has 0 saturated carbocycles. The third kappa shape index (κ3) is 5.55. The summed E-state index contributed by atoms with van der Waals surface area (Å²) in [6.45, 7) is 0.868. The third-order valence-electron chi connectivity index (χ3n) is 3.44. The number of nitrogens with zero attached hydrogens (tertiary/aromatic N) is 1. The van der Waals surface area contributed by atoms with Crippen LogP contribution in [-0.4, -0.2) is 62.0 Å². The second kappa shape index (κ2) is 8.98. The van der Waals surface area contributed by atoms with E-state index in [0.29, 0.717) is 23.0 Å². The first-order valence-corrected chi connectivity index (χ1v) is 8.97. The zero-order chi connectivity index (χ0) is 18.4. The predicted molar refractivity (Wildman–Crippen MR) is 102 cm³/mol. The molecule has 1 saturated heterocycles. The molecular weight excluding hydrogens is 360 g/mol. The van der Waals surface area contributed by atoms with Gasteiger partial charge in [0.1, 0.15) is 30.4 Å². The fraction of sp³-hybridized carbons (Fsp3) is 0.353. The summed E-state index contributed by atoms with van der Waals surface area (Å²) in [4.78, 5) is 27.5. The van der Waals surface area contributed by atoms with E-state index in [1.54, 1.807) is 7.11 Å². The molecule has 0 atom stereocenters. The highest BCUT2D eigenvalue weighted by atomic mass is 32.2. The first-order valence-electron chi connectivity index (χ1n) is 7.75. The summed E-state index contributed by atoms with van der Waals surface area (Å²) in [7, 11) is 5.55. The van der Waals surface area contributed by atoms with Crippen molar-refractivity contribution >= 4 is 46.3 Å². The third-order valence-corrected chi connectivity index (χ3v) is 4.94. The van der Waals surface area contributed by atoms with Gasteiger partial charge in [-0.15, -0.1) is 0 Å². The highest BCUT2D eigenvalue weighted by Gasteiger charge is 2.33. The molecule has 1 fully saturated rings. The zero-order valence-corrected chi connectivity index (χ0v) is 16.0. The van der Waals surface area contributed by atoms with Gasteiger partial charge in [-0.25, -0.2) is 0 Å². The molecule has 8 heteroatoms. The number of rotatable bonds is 7. The molecule has 1 aliphatic heterocycles. The number of likely N-dealkylation sites (N-methyl/N-ethyl adjacent to an activating group) is 1. The Morgan fingerprint density at radius 1 is 1.32 bits per heavy atom. The van der Waals surface area contributed by atoms with Crippen LogP contribution in [0.3, 0.4) is 0 Å². The number of hydrogen-bond acceptors (Lipinski definition) is 6. The summed E-state index contributed by atoms with van der Waals surface area (Å²) in [6.07, 6.45) is 1.82. The van der Waals surface area contributed by atoms with E-state index in [1.807, 2.05) is 44.4 Å². The van der Waals surface area contributed by atoms with Gasteiger partial charge in [0.15, 0.2) is 0 Å². The molecule has 1 N–H and O–H groups in total. The van der Waals surface area contributed by atoms with E-state index in [-0.39, 0.29) is 11.8 Å². The summed E-state index contributed by atoms with van der Waals surface area (Å²) < 4.78 is 10.3. The largest absolute Gasteiger partial charge is 0.497 e. The lowest BCUT2D eigenvalue weighted by Gasteiger charge is -2.14. The van der Waals surface area contributed by atoms with Crippen molar-refractivity contribution in [3.05, 3.63) is 34.7 Å². The van der Waals surface area contributed by atoms with E-state index in [2.05, 4.69) is 0 Å². The van der Waals surface area contributed by atoms with Gasteiger partial charge in [-0.1, -0.05) is 24.4 Å². The predicted octanol–water partition coefficient (Wildman–Crippen LogP) is 1.22. The van der Waals surface area contributed by atoms with Crippen LogP contribution in [0, 0.1) is 0 Å². The smallest absolute Gasteiger partial charge is 0.326 e. The van der Waals surface area contributed by atoms with Crippen LogP contribution in [0.5, 0.6) is 5.75 Å². The van der Waals surface area contributed by atoms with E-state index < -0.39 is 5.97 Å². The Balaban J connectivity index is 1.98. The lowest BCUT2D eigenvalue weighted by molar-refractivity contribution is -0.858. The average molecular weight is 381 g/mol. The van der Waals surface area contributed by atoms with Gasteiger partial charge in [-0.3, -0.25) is 14.5 Å². The average Bonchev–Trinajstić information content (AvgIpc) is 2.83. The SMILES string of the molecule is COc1ccc(C=C2SC(=O)N(CC(=O)OCC[NH+](C)C)C2=S)cc1. The molecule has 0 radical (unpaired) electrons. The number of carbonyl (C=O) groups excluding carboxylic acids is 2. The van der Waals surface area contributed by atoms with Gasteiger partial charge < -0.3 is 14.4 Å². The molecule has 1 amide bonds. The number of thiocarbonyl (C=S) groups is 1. The first kappa shape index (κ1) is 19.4. The molecule has 0 unspecified atom stereocenters. The number of ether oxygens (including phenoxy) is 2. The summed E-state index contributed by atoms with van der Waals surface area (Å²) in [5, 5.41) is -0.264. The van der Waals surface area contributed by atoms with E-state index in [0.717, 1.165) is 23.1 Å². The number of methoxy groups -OCH3 is 1. The molecule has 0 spiro atoms. The lowest BCUT2D eigenvalue weighted by Crippen LogP contribution is -3.06. The van der Waals surface area contributed by atoms with Crippen LogP contribution in [0.2, 0.25) is 0 Å². The zero-order valence-electron chi connectivity index (χ0n) is 14.4. The molecule has 1 heterocycles. The monoisotopic (exact) mass is 381 g/mol. The molecule has 134 valence electrons. The molecule has 25 heavy (non-hydrogen) atoms. The van der Waals surface area contributed by atoms with Crippen LogP contribution in [0.1, 0.15) is 5.56 Å². The molecule has 2 rings (SSSR count). The van der Waals surface area contributed by atoms with Gasteiger partial charge in [0, 0.05) is 0 Å². The van der Waals surface area contributed by atoms with Crippen molar-refractivity contribution in [1.29, 1.82) is 0 Å². The molecule has 1 aromatic carbocycles. The highest BCUT2D eigenvalue weighted by Crippen LogP contribution is 2.33. The fourth-order valence-electron chi connectivity index (χ4n) is 2.03. The molecule has 0 aliphatic carbocycles. The van der Waals surface area contributed by atoms with Crippen molar-refractivity contribution in [3.63, 3.8) is 0 Å². The lowest BCUT2D eigenvalue weighted by atomic mass is 10.2. The van der Waals surface area contributed by atoms with E-state index >= 15 is 0 Å². The van der Waals surface area contributed by atoms with Crippen LogP contribution < -0.4 is 9.64 Å². The number of esters is 1. The molecular formula is C17H21N2O4S2+. The maximum atomic E-state index is 12.1. The number of carbonyl (C=O) groups is 2. The minimum atomic E-state index is -0.455. The second-order valence-corrected chi connectivity index (χ2v) is 7.10. The minimum absolute atomic E-state index is 0.159. The van der Waals surface area contributed by atoms with Crippen molar-refractivity contribution in [2.24, 2.45) is 0 Å². The molecule has 1 aliphatic rings. The van der Waals surface area contributed by atoms with E-state index in [9.17, 15) is 9.59 Å². The number of thioether (sulfide) groups is 1. The Labute approximate surface area is 156 Å². The fourth-order valence-corrected chi connectivity index (χ4v) is 3.27. The van der Waals surface area contributed by atoms with E-state index in [4.69, 9.17) is 21.7 Å². The second-order valence-electron chi connectivity index (χ2n) is 5.72. The van der Waals surface area contributed by atoms with E-state index in [1.165, 1.54) is 9.80 Å². The van der Waals surface area contributed by atoms with Crippen molar-refractivity contribution in [2.75, 3.05) is 40.9 Å². The van der Waals surface area contributed by atoms with Crippen LogP contribution in [0.15, 0.2) is 29.2 Å². The summed E-state index contributed by atoms with van der Waals surface area (Å²) in [5.41, 5.74) is 0.900. The van der Waals surface area contributed by atoms with Crippen LogP contribution in [0.25, 0.3) is 6.08 Å². The Kier molecular flexibility index (Phi) is 6.98. The maximum Gasteiger partial charge on any atom is 0.326 e. The van der Waals surface area contributed by atoms with Crippen molar-refractivity contribution in [3.8, 4) is 5.75 Å². The van der Waals surface area contributed by atoms with Crippen molar-refractivity contribution in [2.45, 2.75) is 0 Å². The molecule has 0 aromatic heterocycles. The molecule has 6 nitrogen and oxygen atoms in total. The minimum Gasteiger partial charge on any atom is -0.497 e. The number of hydrogen-bond donors (Lipinski definition) is 1. The highest BCUT2D eigenvalue weighted by molar-refractivity contribution is 8.19. The van der Waals surface area contributed by atoms with Gasteiger partial charge in [-0.05, 0) is 35.5 Å². The maximum absolute atomic E-state index is 12.1. The number of quaternary nitrogens is 1. The summed E-state index contributed by atoms with van der Waals surface area (Å²) >= 11 is 6.36. The van der Waals surface area contributed by atoms with Gasteiger partial charge in [0.2, 0.25) is 0 Å². The Morgan fingerprint density at radius 2 is 2.00 bits per heavy atom. The number of nitrogens with one attached hydrogen (secondary N) is 1. The standard InChI is InChI=1S/C17H20N2O4S2/c1-18(2)8-9-23-15(20)11-19-16(24)14(25-17(19)21)10-12-4-6-13(22-3)7-5-12/h4-7,10H,8-9,11H2,1-3H3/p+1. The van der Waals surface area contributed by atoms with Crippen LogP contribution in [0.4, 0.5) is 4.79 Å². The quantitative estimate of drug-likeness (QED) is 0.435. The normalized spacial score (nSPS) is 16.0. The summed E-state index contributed by atoms with van der Waals surface area (Å²) in [6, 6.07) is 7.41. The van der Waals surface area contributed by atoms with Crippen LogP contribution in [-0.2, 0) is 9.53 Å². The van der Waals surface area contributed by atoms with Gasteiger partial charge >= 0.3 is 5.97 Å². The van der Waals surface area contributed by atoms with Crippen molar-refractivity contribution < 1.29 is 24.0 Å². The Morgan fingerprint density at radius 3 is 2.60 bits per heavy atom. The first-order chi connectivity index (χ1) is 11.9. The molecule has 1 aromatic rings. The van der Waals surface area contributed by atoms with Crippen molar-refractivity contribution in [1.82, 2.24) is 4.90 Å². The Hall–Kier alpha value is -1.90. The number of benzene rings is 1. The van der Waals surface area contributed by atoms with Gasteiger partial charge in [0.25, 0.3) is 5.24 Å². The summed E-state index contributed by atoms with van der Waals surface area (Å²) in [5.74, 6) is 0.298. The van der Waals surface area contributed by atoms with Gasteiger partial charge in [0.05, 0.1) is 26.1 Å². The Bertz CT molecular complexity index is 686. The van der Waals surface area contributed by atoms with Crippen LogP contribution >= 0.6 is 24.0 Å². The van der Waals surface area contributed by atoms with Gasteiger partial charge in [-0.2, -0.15) is 0 Å². The topological polar surface area (TPSA) is 60.3 Å². The number of amides is 1.